The lowest BCUT2D eigenvalue weighted by Gasteiger charge is -2.07. The summed E-state index contributed by atoms with van der Waals surface area (Å²) in [7, 11) is 0. The first-order valence-electron chi connectivity index (χ1n) is 8.64. The van der Waals surface area contributed by atoms with E-state index in [0.29, 0.717) is 39.4 Å². The number of hydrogen-bond donors (Lipinski definition) is 1. The molecule has 28 heavy (non-hydrogen) atoms. The molecule has 0 unspecified atom stereocenters. The van der Waals surface area contributed by atoms with E-state index < -0.39 is 0 Å². The van der Waals surface area contributed by atoms with Gasteiger partial charge >= 0.3 is 5.69 Å². The standard InChI is InChI=1S/C20H17BrN4O3/c1-12-17(18(21)13(2)28-12)19(26)22-15-7-5-6-14(10-15)11-25-20(27)24-9-4-3-8-16(24)23-25/h3-10H,11H2,1-2H3,(H,22,26). The monoisotopic (exact) mass is 440 g/mol. The van der Waals surface area contributed by atoms with Gasteiger partial charge in [0, 0.05) is 11.9 Å². The Morgan fingerprint density at radius 2 is 2.00 bits per heavy atom. The molecular formula is C20H17BrN4O3. The maximum atomic E-state index is 12.6. The molecule has 142 valence electrons. The third-order valence-corrected chi connectivity index (χ3v) is 5.37. The fourth-order valence-electron chi connectivity index (χ4n) is 3.10. The second kappa shape index (κ2) is 7.12. The normalized spacial score (nSPS) is 11.1. The van der Waals surface area contributed by atoms with Crippen LogP contribution >= 0.6 is 15.9 Å². The lowest BCUT2D eigenvalue weighted by atomic mass is 10.2. The van der Waals surface area contributed by atoms with E-state index in [0.717, 1.165) is 5.56 Å². The van der Waals surface area contributed by atoms with Crippen molar-refractivity contribution in [3.8, 4) is 0 Å². The number of nitrogens with zero attached hydrogens (tertiary/aromatic N) is 3. The third kappa shape index (κ3) is 3.27. The van der Waals surface area contributed by atoms with Gasteiger partial charge in [-0.15, -0.1) is 5.10 Å². The van der Waals surface area contributed by atoms with Crippen molar-refractivity contribution in [2.75, 3.05) is 5.32 Å². The van der Waals surface area contributed by atoms with Crippen LogP contribution in [0.3, 0.4) is 0 Å². The molecule has 0 atom stereocenters. The molecule has 0 saturated heterocycles. The number of hydrogen-bond acceptors (Lipinski definition) is 4. The second-order valence-corrected chi connectivity index (χ2v) is 7.22. The van der Waals surface area contributed by atoms with Crippen LogP contribution in [0.15, 0.2) is 62.3 Å². The zero-order chi connectivity index (χ0) is 19.8. The van der Waals surface area contributed by atoms with Gasteiger partial charge in [0.1, 0.15) is 11.5 Å². The van der Waals surface area contributed by atoms with Crippen molar-refractivity contribution < 1.29 is 9.21 Å². The molecule has 1 N–H and O–H groups in total. The summed E-state index contributed by atoms with van der Waals surface area (Å²) in [5, 5.41) is 7.21. The number of aryl methyl sites for hydroxylation is 2. The van der Waals surface area contributed by atoms with Crippen LogP contribution in [-0.2, 0) is 6.54 Å². The van der Waals surface area contributed by atoms with Crippen molar-refractivity contribution in [2.24, 2.45) is 0 Å². The summed E-state index contributed by atoms with van der Waals surface area (Å²) in [5.41, 5.74) is 2.33. The zero-order valence-corrected chi connectivity index (χ0v) is 16.9. The van der Waals surface area contributed by atoms with Gasteiger partial charge in [0.15, 0.2) is 5.65 Å². The van der Waals surface area contributed by atoms with Gasteiger partial charge in [0.2, 0.25) is 0 Å². The summed E-state index contributed by atoms with van der Waals surface area (Å²) in [6.07, 6.45) is 1.69. The van der Waals surface area contributed by atoms with Gasteiger partial charge in [-0.2, -0.15) is 0 Å². The molecule has 3 heterocycles. The van der Waals surface area contributed by atoms with Gasteiger partial charge < -0.3 is 9.73 Å². The molecule has 0 spiro atoms. The molecule has 7 nitrogen and oxygen atoms in total. The van der Waals surface area contributed by atoms with Crippen molar-refractivity contribution in [2.45, 2.75) is 20.4 Å². The van der Waals surface area contributed by atoms with E-state index in [1.165, 1.54) is 9.08 Å². The van der Waals surface area contributed by atoms with Crippen molar-refractivity contribution in [1.82, 2.24) is 14.2 Å². The number of benzene rings is 1. The number of nitrogens with one attached hydrogen (secondary N) is 1. The summed E-state index contributed by atoms with van der Waals surface area (Å²) in [6, 6.07) is 12.7. The maximum Gasteiger partial charge on any atom is 0.350 e. The van der Waals surface area contributed by atoms with Crippen molar-refractivity contribution in [3.63, 3.8) is 0 Å². The molecule has 3 aromatic heterocycles. The first kappa shape index (κ1) is 18.2. The van der Waals surface area contributed by atoms with Crippen LogP contribution in [0, 0.1) is 13.8 Å². The fraction of sp³-hybridized carbons (Fsp3) is 0.150. The number of fused-ring (bicyclic) bond motifs is 1. The Balaban J connectivity index is 1.58. The number of halogens is 1. The summed E-state index contributed by atoms with van der Waals surface area (Å²) >= 11 is 3.40. The van der Waals surface area contributed by atoms with Crippen LogP contribution in [0.5, 0.6) is 0 Å². The molecule has 0 aliphatic carbocycles. The van der Waals surface area contributed by atoms with Crippen LogP contribution in [0.2, 0.25) is 0 Å². The molecule has 8 heteroatoms. The summed E-state index contributed by atoms with van der Waals surface area (Å²) in [4.78, 5) is 25.1. The molecule has 0 aliphatic heterocycles. The number of rotatable bonds is 4. The molecule has 0 saturated carbocycles. The van der Waals surface area contributed by atoms with Crippen LogP contribution < -0.4 is 11.0 Å². The van der Waals surface area contributed by atoms with Gasteiger partial charge in [-0.05, 0) is 59.6 Å². The number of furan rings is 1. The van der Waals surface area contributed by atoms with E-state index in [1.807, 2.05) is 24.3 Å². The van der Waals surface area contributed by atoms with E-state index >= 15 is 0 Å². The second-order valence-electron chi connectivity index (χ2n) is 6.43. The molecule has 0 fully saturated rings. The van der Waals surface area contributed by atoms with Crippen molar-refractivity contribution >= 4 is 33.2 Å². The van der Waals surface area contributed by atoms with Gasteiger partial charge in [0.25, 0.3) is 5.91 Å². The third-order valence-electron chi connectivity index (χ3n) is 4.42. The highest BCUT2D eigenvalue weighted by molar-refractivity contribution is 9.10. The fourth-order valence-corrected chi connectivity index (χ4v) is 3.64. The van der Waals surface area contributed by atoms with Crippen LogP contribution in [0.25, 0.3) is 5.65 Å². The topological polar surface area (TPSA) is 81.5 Å². The minimum absolute atomic E-state index is 0.210. The molecule has 0 aliphatic rings. The first-order valence-corrected chi connectivity index (χ1v) is 9.43. The van der Waals surface area contributed by atoms with E-state index in [9.17, 15) is 9.59 Å². The Morgan fingerprint density at radius 3 is 2.71 bits per heavy atom. The largest absolute Gasteiger partial charge is 0.465 e. The maximum absolute atomic E-state index is 12.6. The van der Waals surface area contributed by atoms with Gasteiger partial charge in [0.05, 0.1) is 16.6 Å². The predicted molar refractivity (Wildman–Crippen MR) is 109 cm³/mol. The van der Waals surface area contributed by atoms with Crippen LogP contribution in [-0.4, -0.2) is 20.1 Å². The Bertz CT molecular complexity index is 1250. The number of aromatic nitrogens is 3. The highest BCUT2D eigenvalue weighted by Gasteiger charge is 2.20. The van der Waals surface area contributed by atoms with E-state index in [-0.39, 0.29) is 11.6 Å². The Hall–Kier alpha value is -3.13. The lowest BCUT2D eigenvalue weighted by molar-refractivity contribution is 0.102. The smallest absolute Gasteiger partial charge is 0.350 e. The molecular weight excluding hydrogens is 424 g/mol. The van der Waals surface area contributed by atoms with E-state index in [4.69, 9.17) is 4.42 Å². The SMILES string of the molecule is Cc1oc(C)c(C(=O)Nc2cccc(Cn3nc4ccccn4c3=O)c2)c1Br. The number of amides is 1. The average Bonchev–Trinajstić information content (AvgIpc) is 3.11. The van der Waals surface area contributed by atoms with Gasteiger partial charge in [-0.3, -0.25) is 9.20 Å². The van der Waals surface area contributed by atoms with E-state index in [1.54, 1.807) is 38.2 Å². The van der Waals surface area contributed by atoms with E-state index in [2.05, 4.69) is 26.3 Å². The molecule has 0 bridgehead atoms. The molecule has 4 aromatic rings. The number of carbonyl (C=O) groups is 1. The first-order chi connectivity index (χ1) is 13.4. The number of anilines is 1. The number of pyridine rings is 1. The molecule has 4 rings (SSSR count). The quantitative estimate of drug-likeness (QED) is 0.523. The summed E-state index contributed by atoms with van der Waals surface area (Å²) in [5.74, 6) is 0.945. The predicted octanol–water partition coefficient (Wildman–Crippen LogP) is 3.77. The minimum Gasteiger partial charge on any atom is -0.465 e. The van der Waals surface area contributed by atoms with Crippen LogP contribution in [0.4, 0.5) is 5.69 Å². The minimum atomic E-state index is -0.261. The van der Waals surface area contributed by atoms with Gasteiger partial charge in [-0.1, -0.05) is 18.2 Å². The summed E-state index contributed by atoms with van der Waals surface area (Å²) < 4.78 is 9.03. The lowest BCUT2D eigenvalue weighted by Crippen LogP contribution is -2.21. The number of carbonyl (C=O) groups excluding carboxylic acids is 1. The Kier molecular flexibility index (Phi) is 4.64. The van der Waals surface area contributed by atoms with Crippen LogP contribution in [0.1, 0.15) is 27.4 Å². The Morgan fingerprint density at radius 1 is 1.18 bits per heavy atom. The Labute approximate surface area is 168 Å². The van der Waals surface area contributed by atoms with Crippen molar-refractivity contribution in [3.05, 3.63) is 86.3 Å². The molecule has 1 aromatic carbocycles. The van der Waals surface area contributed by atoms with Gasteiger partial charge in [-0.25, -0.2) is 9.48 Å². The molecule has 0 radical (unpaired) electrons. The highest BCUT2D eigenvalue weighted by atomic mass is 79.9. The molecule has 1 amide bonds. The van der Waals surface area contributed by atoms with Crippen molar-refractivity contribution in [1.29, 1.82) is 0 Å². The summed E-state index contributed by atoms with van der Waals surface area (Å²) in [6.45, 7) is 3.84. The highest BCUT2D eigenvalue weighted by Crippen LogP contribution is 2.28. The zero-order valence-electron chi connectivity index (χ0n) is 15.3. The average molecular weight is 441 g/mol.